The molecule has 0 saturated heterocycles. The van der Waals surface area contributed by atoms with Gasteiger partial charge in [0.2, 0.25) is 5.91 Å². The Hall–Kier alpha value is -2.54. The van der Waals surface area contributed by atoms with Crippen molar-refractivity contribution in [2.75, 3.05) is 0 Å². The van der Waals surface area contributed by atoms with E-state index in [-0.39, 0.29) is 11.4 Å². The van der Waals surface area contributed by atoms with Crippen LogP contribution in [0, 0.1) is 5.82 Å². The zero-order valence-corrected chi connectivity index (χ0v) is 15.5. The van der Waals surface area contributed by atoms with Gasteiger partial charge in [0.05, 0.1) is 5.39 Å². The highest BCUT2D eigenvalue weighted by atomic mass is 32.1. The number of amides is 1. The number of hydrogen-bond acceptors (Lipinski definition) is 4. The molecular weight excluding hydrogens is 353 g/mol. The summed E-state index contributed by atoms with van der Waals surface area (Å²) in [7, 11) is 0. The van der Waals surface area contributed by atoms with Gasteiger partial charge in [-0.05, 0) is 30.5 Å². The first-order valence-corrected chi connectivity index (χ1v) is 9.43. The quantitative estimate of drug-likeness (QED) is 0.716. The number of nitrogens with zero attached hydrogens (tertiary/aromatic N) is 2. The van der Waals surface area contributed by atoms with Crippen LogP contribution in [0.2, 0.25) is 0 Å². The zero-order chi connectivity index (χ0) is 18.8. The van der Waals surface area contributed by atoms with Gasteiger partial charge in [-0.3, -0.25) is 14.2 Å². The molecule has 1 amide bonds. The molecule has 0 aliphatic heterocycles. The largest absolute Gasteiger partial charge is 0.368 e. The standard InChI is InChI=1S/C19H20FN3O2S/c1-3-5-15-22-18-16(19(25)23(15)14(4-2)17(21)24)13(10-26-18)11-6-8-12(20)9-7-11/h6-10,14H,3-5H2,1-2H3,(H2,21,24). The summed E-state index contributed by atoms with van der Waals surface area (Å²) in [6, 6.07) is 5.24. The summed E-state index contributed by atoms with van der Waals surface area (Å²) in [5.74, 6) is -0.316. The number of fused-ring (bicyclic) bond motifs is 1. The normalized spacial score (nSPS) is 12.4. The number of rotatable bonds is 6. The number of nitrogens with two attached hydrogens (primary N) is 1. The third-order valence-electron chi connectivity index (χ3n) is 4.37. The van der Waals surface area contributed by atoms with E-state index in [1.165, 1.54) is 28.0 Å². The highest BCUT2D eigenvalue weighted by molar-refractivity contribution is 7.17. The molecule has 2 N–H and O–H groups in total. The van der Waals surface area contributed by atoms with Gasteiger partial charge < -0.3 is 5.73 Å². The van der Waals surface area contributed by atoms with Crippen molar-refractivity contribution in [1.29, 1.82) is 0 Å². The molecule has 0 aliphatic carbocycles. The fourth-order valence-electron chi connectivity index (χ4n) is 3.12. The number of hydrogen-bond donors (Lipinski definition) is 1. The minimum absolute atomic E-state index is 0.273. The van der Waals surface area contributed by atoms with E-state index in [2.05, 4.69) is 4.98 Å². The number of thiophene rings is 1. The van der Waals surface area contributed by atoms with Gasteiger partial charge in [0.25, 0.3) is 5.56 Å². The van der Waals surface area contributed by atoms with Crippen LogP contribution >= 0.6 is 11.3 Å². The highest BCUT2D eigenvalue weighted by Gasteiger charge is 2.24. The molecule has 1 unspecified atom stereocenters. The van der Waals surface area contributed by atoms with Gasteiger partial charge in [-0.15, -0.1) is 11.3 Å². The van der Waals surface area contributed by atoms with Crippen LogP contribution in [0.3, 0.4) is 0 Å². The Balaban J connectivity index is 2.31. The van der Waals surface area contributed by atoms with Crippen molar-refractivity contribution in [3.05, 3.63) is 51.6 Å². The molecule has 3 rings (SSSR count). The third-order valence-corrected chi connectivity index (χ3v) is 5.24. The summed E-state index contributed by atoms with van der Waals surface area (Å²) in [4.78, 5) is 30.5. The highest BCUT2D eigenvalue weighted by Crippen LogP contribution is 2.32. The Kier molecular flexibility index (Phi) is 5.18. The van der Waals surface area contributed by atoms with Gasteiger partial charge in [0, 0.05) is 17.4 Å². The number of benzene rings is 1. The lowest BCUT2D eigenvalue weighted by Gasteiger charge is -2.19. The Morgan fingerprint density at radius 2 is 2.00 bits per heavy atom. The topological polar surface area (TPSA) is 78.0 Å². The van der Waals surface area contributed by atoms with Crippen LogP contribution < -0.4 is 11.3 Å². The van der Waals surface area contributed by atoms with E-state index in [0.717, 1.165) is 12.0 Å². The molecule has 0 radical (unpaired) electrons. The average Bonchev–Trinajstić information content (AvgIpc) is 3.03. The van der Waals surface area contributed by atoms with E-state index < -0.39 is 11.9 Å². The molecule has 0 bridgehead atoms. The van der Waals surface area contributed by atoms with Crippen molar-refractivity contribution in [2.45, 2.75) is 39.2 Å². The molecule has 7 heteroatoms. The SMILES string of the molecule is CCCc1nc2scc(-c3ccc(F)cc3)c2c(=O)n1C(CC)C(N)=O. The van der Waals surface area contributed by atoms with Crippen LogP contribution in [0.1, 0.15) is 38.6 Å². The van der Waals surface area contributed by atoms with Crippen molar-refractivity contribution in [3.8, 4) is 11.1 Å². The zero-order valence-electron chi connectivity index (χ0n) is 14.7. The Bertz CT molecular complexity index is 1010. The maximum atomic E-state index is 13.3. The average molecular weight is 373 g/mol. The molecule has 136 valence electrons. The number of aromatic nitrogens is 2. The predicted molar refractivity (Wildman–Crippen MR) is 102 cm³/mol. The number of aryl methyl sites for hydroxylation is 1. The van der Waals surface area contributed by atoms with Gasteiger partial charge >= 0.3 is 0 Å². The van der Waals surface area contributed by atoms with Crippen LogP contribution in [-0.2, 0) is 11.2 Å². The number of carbonyl (C=O) groups excluding carboxylic acids is 1. The first-order chi connectivity index (χ1) is 12.5. The van der Waals surface area contributed by atoms with Crippen LogP contribution in [0.4, 0.5) is 4.39 Å². The van der Waals surface area contributed by atoms with Gasteiger partial charge in [-0.25, -0.2) is 9.37 Å². The molecule has 26 heavy (non-hydrogen) atoms. The van der Waals surface area contributed by atoms with E-state index in [4.69, 9.17) is 5.73 Å². The second-order valence-electron chi connectivity index (χ2n) is 6.12. The summed E-state index contributed by atoms with van der Waals surface area (Å²) in [6.07, 6.45) is 1.79. The van der Waals surface area contributed by atoms with Crippen molar-refractivity contribution >= 4 is 27.5 Å². The van der Waals surface area contributed by atoms with E-state index in [1.807, 2.05) is 19.2 Å². The fraction of sp³-hybridized carbons (Fsp3) is 0.316. The molecule has 1 atom stereocenters. The van der Waals surface area contributed by atoms with Crippen molar-refractivity contribution < 1.29 is 9.18 Å². The number of halogens is 1. The van der Waals surface area contributed by atoms with Crippen molar-refractivity contribution in [2.24, 2.45) is 5.73 Å². The maximum absolute atomic E-state index is 13.3. The monoisotopic (exact) mass is 373 g/mol. The second kappa shape index (κ2) is 7.37. The summed E-state index contributed by atoms with van der Waals surface area (Å²) in [5.41, 5.74) is 6.69. The molecule has 0 saturated carbocycles. The first-order valence-electron chi connectivity index (χ1n) is 8.55. The van der Waals surface area contributed by atoms with Crippen LogP contribution in [-0.4, -0.2) is 15.5 Å². The molecule has 2 heterocycles. The van der Waals surface area contributed by atoms with Crippen molar-refractivity contribution in [3.63, 3.8) is 0 Å². The predicted octanol–water partition coefficient (Wildman–Crippen LogP) is 3.65. The maximum Gasteiger partial charge on any atom is 0.263 e. The summed E-state index contributed by atoms with van der Waals surface area (Å²) in [6.45, 7) is 3.81. The van der Waals surface area contributed by atoms with Crippen LogP contribution in [0.5, 0.6) is 0 Å². The van der Waals surface area contributed by atoms with E-state index in [9.17, 15) is 14.0 Å². The smallest absolute Gasteiger partial charge is 0.263 e. The first kappa shape index (κ1) is 18.3. The van der Waals surface area contributed by atoms with E-state index in [1.54, 1.807) is 12.1 Å². The third kappa shape index (κ3) is 3.14. The summed E-state index contributed by atoms with van der Waals surface area (Å²) < 4.78 is 14.7. The minimum atomic E-state index is -0.734. The molecule has 0 fully saturated rings. The lowest BCUT2D eigenvalue weighted by molar-refractivity contribution is -0.121. The van der Waals surface area contributed by atoms with Gasteiger partial charge in [-0.2, -0.15) is 0 Å². The van der Waals surface area contributed by atoms with Crippen LogP contribution in [0.25, 0.3) is 21.3 Å². The molecule has 0 spiro atoms. The molecule has 2 aromatic heterocycles. The lowest BCUT2D eigenvalue weighted by atomic mass is 10.1. The summed E-state index contributed by atoms with van der Waals surface area (Å²) >= 11 is 1.37. The van der Waals surface area contributed by atoms with Crippen molar-refractivity contribution in [1.82, 2.24) is 9.55 Å². The van der Waals surface area contributed by atoms with Crippen LogP contribution in [0.15, 0.2) is 34.4 Å². The molecule has 0 aliphatic rings. The fourth-order valence-corrected chi connectivity index (χ4v) is 4.08. The Morgan fingerprint density at radius 3 is 2.58 bits per heavy atom. The molecular formula is C19H20FN3O2S. The van der Waals surface area contributed by atoms with Gasteiger partial charge in [0.15, 0.2) is 0 Å². The number of carbonyl (C=O) groups is 1. The Labute approximate surface area is 154 Å². The molecule has 1 aromatic carbocycles. The van der Waals surface area contributed by atoms with Gasteiger partial charge in [-0.1, -0.05) is 26.0 Å². The Morgan fingerprint density at radius 1 is 1.31 bits per heavy atom. The molecule has 5 nitrogen and oxygen atoms in total. The minimum Gasteiger partial charge on any atom is -0.368 e. The lowest BCUT2D eigenvalue weighted by Crippen LogP contribution is -2.36. The van der Waals surface area contributed by atoms with E-state index >= 15 is 0 Å². The number of primary amides is 1. The van der Waals surface area contributed by atoms with E-state index in [0.29, 0.717) is 34.4 Å². The van der Waals surface area contributed by atoms with Gasteiger partial charge in [0.1, 0.15) is 22.5 Å². The second-order valence-corrected chi connectivity index (χ2v) is 6.97. The molecule has 3 aromatic rings. The summed E-state index contributed by atoms with van der Waals surface area (Å²) in [5, 5.41) is 2.29.